The highest BCUT2D eigenvalue weighted by atomic mass is 32.1. The van der Waals surface area contributed by atoms with Gasteiger partial charge in [-0.05, 0) is 24.6 Å². The summed E-state index contributed by atoms with van der Waals surface area (Å²) in [6.45, 7) is 1.65. The number of aryl methyl sites for hydroxylation is 1. The van der Waals surface area contributed by atoms with E-state index >= 15 is 0 Å². The van der Waals surface area contributed by atoms with E-state index in [0.717, 1.165) is 0 Å². The molecule has 2 aromatic rings. The topological polar surface area (TPSA) is 61.0 Å². The number of halogens is 1. The van der Waals surface area contributed by atoms with Crippen LogP contribution in [0.3, 0.4) is 0 Å². The molecule has 0 saturated carbocycles. The van der Waals surface area contributed by atoms with Gasteiger partial charge in [0.2, 0.25) is 0 Å². The van der Waals surface area contributed by atoms with Crippen molar-refractivity contribution in [3.8, 4) is 11.8 Å². The smallest absolute Gasteiger partial charge is 0.322 e. The fourth-order valence-corrected chi connectivity index (χ4v) is 1.44. The van der Waals surface area contributed by atoms with E-state index in [1.165, 1.54) is 12.3 Å². The molecule has 0 aliphatic rings. The zero-order valence-electron chi connectivity index (χ0n) is 9.55. The quantitative estimate of drug-likeness (QED) is 0.861. The molecule has 0 atom stereocenters. The number of nitrogens with two attached hydrogens (primary N) is 1. The van der Waals surface area contributed by atoms with Crippen molar-refractivity contribution < 1.29 is 9.13 Å². The van der Waals surface area contributed by atoms with Crippen LogP contribution >= 0.6 is 12.2 Å². The number of rotatable bonds is 3. The maximum absolute atomic E-state index is 13.7. The third-order valence-electron chi connectivity index (χ3n) is 2.24. The highest BCUT2D eigenvalue weighted by molar-refractivity contribution is 7.80. The van der Waals surface area contributed by atoms with Crippen LogP contribution in [0.1, 0.15) is 11.3 Å². The van der Waals surface area contributed by atoms with Crippen molar-refractivity contribution in [2.24, 2.45) is 5.73 Å². The summed E-state index contributed by atoms with van der Waals surface area (Å²) in [6.07, 6.45) is 1.45. The van der Waals surface area contributed by atoms with Crippen molar-refractivity contribution >= 4 is 17.2 Å². The Morgan fingerprint density at radius 1 is 1.39 bits per heavy atom. The Labute approximate surface area is 109 Å². The molecule has 0 unspecified atom stereocenters. The van der Waals surface area contributed by atoms with Crippen molar-refractivity contribution in [2.75, 3.05) is 0 Å². The van der Waals surface area contributed by atoms with E-state index in [4.69, 9.17) is 22.7 Å². The van der Waals surface area contributed by atoms with Crippen LogP contribution in [0.2, 0.25) is 0 Å². The largest absolute Gasteiger partial charge is 0.421 e. The Bertz CT molecular complexity index is 604. The molecule has 6 heteroatoms. The van der Waals surface area contributed by atoms with Gasteiger partial charge in [0.25, 0.3) is 0 Å². The highest BCUT2D eigenvalue weighted by Crippen LogP contribution is 2.23. The van der Waals surface area contributed by atoms with Gasteiger partial charge in [0.15, 0.2) is 11.6 Å². The molecular weight excluding hydrogens is 253 g/mol. The van der Waals surface area contributed by atoms with Gasteiger partial charge < -0.3 is 10.5 Å². The number of nitrogens with zero attached hydrogens (tertiary/aromatic N) is 2. The molecule has 0 saturated heterocycles. The van der Waals surface area contributed by atoms with E-state index in [1.54, 1.807) is 25.1 Å². The molecule has 1 aromatic carbocycles. The highest BCUT2D eigenvalue weighted by Gasteiger charge is 2.09. The predicted molar refractivity (Wildman–Crippen MR) is 69.1 cm³/mol. The van der Waals surface area contributed by atoms with Crippen LogP contribution in [0.5, 0.6) is 11.8 Å². The van der Waals surface area contributed by atoms with E-state index in [0.29, 0.717) is 11.3 Å². The summed E-state index contributed by atoms with van der Waals surface area (Å²) in [6, 6.07) is 6.39. The summed E-state index contributed by atoms with van der Waals surface area (Å²) in [5.74, 6) is -0.378. The van der Waals surface area contributed by atoms with Crippen LogP contribution in [-0.4, -0.2) is 15.0 Å². The Morgan fingerprint density at radius 2 is 2.17 bits per heavy atom. The van der Waals surface area contributed by atoms with Crippen molar-refractivity contribution in [2.45, 2.75) is 6.92 Å². The molecule has 18 heavy (non-hydrogen) atoms. The van der Waals surface area contributed by atoms with E-state index in [-0.39, 0.29) is 16.7 Å². The van der Waals surface area contributed by atoms with Gasteiger partial charge in [-0.1, -0.05) is 24.4 Å². The Kier molecular flexibility index (Phi) is 3.47. The summed E-state index contributed by atoms with van der Waals surface area (Å²) < 4.78 is 19.0. The molecule has 2 N–H and O–H groups in total. The fraction of sp³-hybridized carbons (Fsp3) is 0.0833. The lowest BCUT2D eigenvalue weighted by Crippen LogP contribution is -2.12. The van der Waals surface area contributed by atoms with E-state index < -0.39 is 5.82 Å². The third kappa shape index (κ3) is 2.60. The molecule has 4 nitrogen and oxygen atoms in total. The van der Waals surface area contributed by atoms with Gasteiger partial charge in [-0.15, -0.1) is 0 Å². The molecule has 1 aromatic heterocycles. The van der Waals surface area contributed by atoms with Crippen LogP contribution in [0.25, 0.3) is 0 Å². The number of aromatic nitrogens is 2. The third-order valence-corrected chi connectivity index (χ3v) is 2.45. The first-order valence-corrected chi connectivity index (χ1v) is 5.54. The van der Waals surface area contributed by atoms with Crippen LogP contribution in [0.15, 0.2) is 30.5 Å². The molecule has 0 bridgehead atoms. The minimum atomic E-state index is -0.443. The van der Waals surface area contributed by atoms with Gasteiger partial charge in [0.05, 0.1) is 0 Å². The first-order valence-electron chi connectivity index (χ1n) is 5.14. The molecule has 0 aliphatic heterocycles. The van der Waals surface area contributed by atoms with Gasteiger partial charge in [-0.3, -0.25) is 0 Å². The number of thiocarbonyl (C=S) groups is 1. The van der Waals surface area contributed by atoms with Gasteiger partial charge >= 0.3 is 6.01 Å². The molecular formula is C12H10FN3OS. The van der Waals surface area contributed by atoms with Crippen molar-refractivity contribution in [1.82, 2.24) is 9.97 Å². The van der Waals surface area contributed by atoms with Gasteiger partial charge in [0, 0.05) is 6.20 Å². The van der Waals surface area contributed by atoms with Crippen LogP contribution in [0, 0.1) is 12.7 Å². The van der Waals surface area contributed by atoms with Crippen molar-refractivity contribution in [1.29, 1.82) is 0 Å². The first kappa shape index (κ1) is 12.4. The number of benzene rings is 1. The van der Waals surface area contributed by atoms with Crippen LogP contribution < -0.4 is 10.5 Å². The number of ether oxygens (including phenoxy) is 1. The summed E-state index contributed by atoms with van der Waals surface area (Å²) in [5.41, 5.74) is 6.30. The summed E-state index contributed by atoms with van der Waals surface area (Å²) in [4.78, 5) is 7.98. The van der Waals surface area contributed by atoms with Crippen molar-refractivity contribution in [3.63, 3.8) is 0 Å². The zero-order chi connectivity index (χ0) is 13.1. The standard InChI is InChI=1S/C12H10FN3OS/c1-7-3-2-4-9(10(7)13)17-12-15-6-5-8(16-12)11(14)18/h2-6H,1H3,(H2,14,18). The lowest BCUT2D eigenvalue weighted by Gasteiger charge is -2.07. The SMILES string of the molecule is Cc1cccc(Oc2nccc(C(N)=S)n2)c1F. The van der Waals surface area contributed by atoms with Gasteiger partial charge in [-0.2, -0.15) is 4.98 Å². The number of hydrogen-bond acceptors (Lipinski definition) is 4. The van der Waals surface area contributed by atoms with Crippen LogP contribution in [-0.2, 0) is 0 Å². The average molecular weight is 263 g/mol. The van der Waals surface area contributed by atoms with E-state index in [2.05, 4.69) is 9.97 Å². The van der Waals surface area contributed by atoms with E-state index in [9.17, 15) is 4.39 Å². The maximum Gasteiger partial charge on any atom is 0.322 e. The molecule has 0 fully saturated rings. The monoisotopic (exact) mass is 263 g/mol. The molecule has 92 valence electrons. The first-order chi connectivity index (χ1) is 8.58. The van der Waals surface area contributed by atoms with Crippen molar-refractivity contribution in [3.05, 3.63) is 47.5 Å². The van der Waals surface area contributed by atoms with Gasteiger partial charge in [0.1, 0.15) is 10.7 Å². The van der Waals surface area contributed by atoms with Crippen LogP contribution in [0.4, 0.5) is 4.39 Å². The second-order valence-corrected chi connectivity index (χ2v) is 4.02. The second kappa shape index (κ2) is 5.05. The lowest BCUT2D eigenvalue weighted by atomic mass is 10.2. The number of hydrogen-bond donors (Lipinski definition) is 1. The Hall–Kier alpha value is -2.08. The summed E-state index contributed by atoms with van der Waals surface area (Å²) in [7, 11) is 0. The molecule has 0 radical (unpaired) electrons. The zero-order valence-corrected chi connectivity index (χ0v) is 10.4. The Morgan fingerprint density at radius 3 is 2.89 bits per heavy atom. The molecule has 0 aliphatic carbocycles. The predicted octanol–water partition coefficient (Wildman–Crippen LogP) is 2.35. The Balaban J connectivity index is 2.31. The molecule has 1 heterocycles. The second-order valence-electron chi connectivity index (χ2n) is 3.58. The van der Waals surface area contributed by atoms with Gasteiger partial charge in [-0.25, -0.2) is 9.37 Å². The normalized spacial score (nSPS) is 10.1. The summed E-state index contributed by atoms with van der Waals surface area (Å²) in [5, 5.41) is 0. The lowest BCUT2D eigenvalue weighted by molar-refractivity contribution is 0.409. The molecule has 2 rings (SSSR count). The minimum absolute atomic E-state index is 0.00444. The summed E-state index contributed by atoms with van der Waals surface area (Å²) >= 11 is 4.79. The molecule has 0 amide bonds. The maximum atomic E-state index is 13.7. The average Bonchev–Trinajstić information content (AvgIpc) is 2.35. The minimum Gasteiger partial charge on any atom is -0.421 e. The fourth-order valence-electron chi connectivity index (χ4n) is 1.32. The molecule has 0 spiro atoms. The van der Waals surface area contributed by atoms with E-state index in [1.807, 2.05) is 0 Å².